The van der Waals surface area contributed by atoms with Crippen LogP contribution in [-0.4, -0.2) is 17.7 Å². The van der Waals surface area contributed by atoms with E-state index in [9.17, 15) is 22.4 Å². The molecule has 9 heteroatoms. The van der Waals surface area contributed by atoms with Gasteiger partial charge >= 0.3 is 41.7 Å². The minimum absolute atomic E-state index is 0. The Morgan fingerprint density at radius 2 is 1.70 bits per heavy atom. The van der Waals surface area contributed by atoms with Crippen LogP contribution in [-0.2, 0) is 17.4 Å². The number of aliphatic carboxylic acids is 1. The molecule has 0 unspecified atom stereocenters. The SMILES string of the molecule is O=C(O)Cc1ccc(F)c(Oc2cccc(OC/C=C/c3ccc(C(F)(F)F)cc3)c2)c1.[H-].[Na+]. The van der Waals surface area contributed by atoms with Gasteiger partial charge in [-0.05, 0) is 53.6 Å². The fraction of sp³-hybridized carbons (Fsp3) is 0.125. The third-order valence-corrected chi connectivity index (χ3v) is 4.28. The van der Waals surface area contributed by atoms with Crippen LogP contribution in [0.2, 0.25) is 0 Å². The molecule has 0 spiro atoms. The van der Waals surface area contributed by atoms with E-state index in [0.29, 0.717) is 22.6 Å². The molecule has 0 bridgehead atoms. The summed E-state index contributed by atoms with van der Waals surface area (Å²) in [7, 11) is 0. The van der Waals surface area contributed by atoms with Gasteiger partial charge in [0.1, 0.15) is 18.1 Å². The molecule has 0 aliphatic heterocycles. The van der Waals surface area contributed by atoms with Crippen LogP contribution in [0.3, 0.4) is 0 Å². The molecule has 0 aliphatic carbocycles. The molecule has 3 aromatic carbocycles. The normalized spacial score (nSPS) is 11.2. The first kappa shape index (κ1) is 26.4. The number of alkyl halides is 3. The summed E-state index contributed by atoms with van der Waals surface area (Å²) in [6.45, 7) is 0.146. The van der Waals surface area contributed by atoms with Crippen LogP contribution >= 0.6 is 0 Å². The van der Waals surface area contributed by atoms with Gasteiger partial charge in [-0.15, -0.1) is 0 Å². The van der Waals surface area contributed by atoms with Crippen molar-refractivity contribution in [3.8, 4) is 17.2 Å². The van der Waals surface area contributed by atoms with Gasteiger partial charge in [-0.25, -0.2) is 4.39 Å². The average molecular weight is 470 g/mol. The Kier molecular flexibility index (Phi) is 9.52. The predicted molar refractivity (Wildman–Crippen MR) is 111 cm³/mol. The van der Waals surface area contributed by atoms with E-state index in [1.54, 1.807) is 30.4 Å². The molecule has 33 heavy (non-hydrogen) atoms. The van der Waals surface area contributed by atoms with E-state index in [0.717, 1.165) is 18.2 Å². The van der Waals surface area contributed by atoms with Crippen molar-refractivity contribution in [1.82, 2.24) is 0 Å². The molecule has 3 aromatic rings. The average Bonchev–Trinajstić information content (AvgIpc) is 2.73. The van der Waals surface area contributed by atoms with Crippen LogP contribution in [0.4, 0.5) is 17.6 Å². The van der Waals surface area contributed by atoms with Gasteiger partial charge in [-0.1, -0.05) is 30.3 Å². The summed E-state index contributed by atoms with van der Waals surface area (Å²) in [6.07, 6.45) is -1.36. The molecular formula is C24H19F4NaO4. The van der Waals surface area contributed by atoms with Gasteiger partial charge < -0.3 is 16.0 Å². The molecule has 0 aliphatic rings. The zero-order valence-corrected chi connectivity index (χ0v) is 19.6. The van der Waals surface area contributed by atoms with Gasteiger partial charge in [0, 0.05) is 6.07 Å². The molecule has 0 heterocycles. The number of benzene rings is 3. The van der Waals surface area contributed by atoms with Gasteiger partial charge in [-0.3, -0.25) is 4.79 Å². The quantitative estimate of drug-likeness (QED) is 0.405. The summed E-state index contributed by atoms with van der Waals surface area (Å²) in [5.74, 6) is -1.06. The number of halogens is 4. The summed E-state index contributed by atoms with van der Waals surface area (Å²) >= 11 is 0. The van der Waals surface area contributed by atoms with Crippen molar-refractivity contribution < 1.29 is 67.9 Å². The van der Waals surface area contributed by atoms with E-state index in [1.807, 2.05) is 0 Å². The molecule has 3 rings (SSSR count). The minimum Gasteiger partial charge on any atom is -1.00 e. The first-order chi connectivity index (χ1) is 15.2. The van der Waals surface area contributed by atoms with Crippen LogP contribution in [0.1, 0.15) is 18.1 Å². The molecule has 0 fully saturated rings. The van der Waals surface area contributed by atoms with Crippen LogP contribution in [0, 0.1) is 5.82 Å². The number of ether oxygens (including phenoxy) is 2. The Bertz CT molecular complexity index is 1120. The zero-order chi connectivity index (χ0) is 23.1. The Balaban J connectivity index is 0.00000289. The first-order valence-corrected chi connectivity index (χ1v) is 9.45. The molecule has 0 radical (unpaired) electrons. The van der Waals surface area contributed by atoms with Crippen molar-refractivity contribution >= 4 is 12.0 Å². The molecule has 0 amide bonds. The van der Waals surface area contributed by atoms with Crippen molar-refractivity contribution in [2.24, 2.45) is 0 Å². The number of carboxylic acid groups (broad SMARTS) is 1. The molecule has 4 nitrogen and oxygen atoms in total. The van der Waals surface area contributed by atoms with Crippen LogP contribution < -0.4 is 39.0 Å². The second-order valence-electron chi connectivity index (χ2n) is 6.75. The van der Waals surface area contributed by atoms with Gasteiger partial charge in [0.15, 0.2) is 11.6 Å². The maximum atomic E-state index is 14.0. The Morgan fingerprint density at radius 3 is 2.36 bits per heavy atom. The topological polar surface area (TPSA) is 55.8 Å². The number of carboxylic acids is 1. The van der Waals surface area contributed by atoms with Crippen LogP contribution in [0.25, 0.3) is 6.08 Å². The fourth-order valence-electron chi connectivity index (χ4n) is 2.78. The predicted octanol–water partition coefficient (Wildman–Crippen LogP) is 3.47. The zero-order valence-electron chi connectivity index (χ0n) is 18.6. The van der Waals surface area contributed by atoms with E-state index in [2.05, 4.69) is 0 Å². The number of rotatable bonds is 8. The molecule has 0 atom stereocenters. The van der Waals surface area contributed by atoms with E-state index in [1.165, 1.54) is 30.3 Å². The molecule has 0 saturated carbocycles. The third-order valence-electron chi connectivity index (χ3n) is 4.28. The molecular weight excluding hydrogens is 451 g/mol. The van der Waals surface area contributed by atoms with Crippen molar-refractivity contribution in [2.45, 2.75) is 12.6 Å². The van der Waals surface area contributed by atoms with E-state index in [-0.39, 0.29) is 49.8 Å². The van der Waals surface area contributed by atoms with E-state index >= 15 is 0 Å². The van der Waals surface area contributed by atoms with Crippen LogP contribution in [0.15, 0.2) is 72.8 Å². The Hall–Kier alpha value is -2.81. The van der Waals surface area contributed by atoms with Crippen molar-refractivity contribution in [3.05, 3.63) is 95.3 Å². The van der Waals surface area contributed by atoms with Gasteiger partial charge in [-0.2, -0.15) is 13.2 Å². The van der Waals surface area contributed by atoms with E-state index in [4.69, 9.17) is 14.6 Å². The maximum absolute atomic E-state index is 14.0. The van der Waals surface area contributed by atoms with Gasteiger partial charge in [0.2, 0.25) is 0 Å². The Morgan fingerprint density at radius 1 is 1.00 bits per heavy atom. The molecule has 0 saturated heterocycles. The standard InChI is InChI=1S/C24H18F4O4.Na.H/c25-21-11-8-17(14-23(29)30)13-22(21)32-20-5-1-4-19(15-20)31-12-2-3-16-6-9-18(10-7-16)24(26,27)28;;/h1-11,13,15H,12,14H2,(H,29,30);;/q;+1;-1/b3-2+;;. The number of carbonyl (C=O) groups is 1. The first-order valence-electron chi connectivity index (χ1n) is 9.45. The summed E-state index contributed by atoms with van der Waals surface area (Å²) in [5, 5.41) is 8.87. The van der Waals surface area contributed by atoms with Crippen molar-refractivity contribution in [3.63, 3.8) is 0 Å². The minimum atomic E-state index is -4.38. The number of hydrogen-bond donors (Lipinski definition) is 1. The van der Waals surface area contributed by atoms with Crippen LogP contribution in [0.5, 0.6) is 17.2 Å². The summed E-state index contributed by atoms with van der Waals surface area (Å²) in [4.78, 5) is 10.8. The summed E-state index contributed by atoms with van der Waals surface area (Å²) < 4.78 is 62.9. The second kappa shape index (κ2) is 11.9. The third kappa shape index (κ3) is 8.24. The van der Waals surface area contributed by atoms with Crippen molar-refractivity contribution in [1.29, 1.82) is 0 Å². The molecule has 1 N–H and O–H groups in total. The Labute approximate surface area is 211 Å². The maximum Gasteiger partial charge on any atom is 1.00 e. The monoisotopic (exact) mass is 470 g/mol. The smallest absolute Gasteiger partial charge is 1.00 e. The van der Waals surface area contributed by atoms with Gasteiger partial charge in [0.25, 0.3) is 0 Å². The molecule has 168 valence electrons. The van der Waals surface area contributed by atoms with Crippen molar-refractivity contribution in [2.75, 3.05) is 6.61 Å². The number of hydrogen-bond acceptors (Lipinski definition) is 3. The summed E-state index contributed by atoms with van der Waals surface area (Å²) in [6, 6.07) is 15.0. The fourth-order valence-corrected chi connectivity index (χ4v) is 2.78. The van der Waals surface area contributed by atoms with Gasteiger partial charge in [0.05, 0.1) is 12.0 Å². The van der Waals surface area contributed by atoms with E-state index < -0.39 is 23.5 Å². The summed E-state index contributed by atoms with van der Waals surface area (Å²) in [5.41, 5.74) is 0.276. The second-order valence-corrected chi connectivity index (χ2v) is 6.75. The largest absolute Gasteiger partial charge is 1.00 e. The molecule has 0 aromatic heterocycles.